The summed E-state index contributed by atoms with van der Waals surface area (Å²) in [6.45, 7) is 8.53. The first-order valence-corrected chi connectivity index (χ1v) is 6.73. The van der Waals surface area contributed by atoms with Gasteiger partial charge in [0.2, 0.25) is 0 Å². The minimum absolute atomic E-state index is 0.597. The summed E-state index contributed by atoms with van der Waals surface area (Å²) in [5, 5.41) is 0.664. The Balaban J connectivity index is 2.07. The van der Waals surface area contributed by atoms with E-state index in [0.717, 1.165) is 38.2 Å². The molecule has 0 spiro atoms. The maximum Gasteiger partial charge on any atom is 0.150 e. The zero-order valence-electron chi connectivity index (χ0n) is 10.9. The monoisotopic (exact) mass is 266 g/mol. The van der Waals surface area contributed by atoms with Crippen molar-refractivity contribution < 1.29 is 4.79 Å². The molecule has 4 heteroatoms. The first-order chi connectivity index (χ1) is 8.61. The second-order valence-electron chi connectivity index (χ2n) is 4.95. The minimum atomic E-state index is 0.597. The van der Waals surface area contributed by atoms with Crippen LogP contribution in [0.3, 0.4) is 0 Å². The van der Waals surface area contributed by atoms with E-state index >= 15 is 0 Å². The van der Waals surface area contributed by atoms with Gasteiger partial charge in [-0.05, 0) is 32.0 Å². The van der Waals surface area contributed by atoms with Crippen molar-refractivity contribution in [3.05, 3.63) is 28.8 Å². The van der Waals surface area contributed by atoms with Gasteiger partial charge < -0.3 is 4.90 Å². The predicted octanol–water partition coefficient (Wildman–Crippen LogP) is 2.68. The fourth-order valence-corrected chi connectivity index (χ4v) is 2.64. The van der Waals surface area contributed by atoms with Gasteiger partial charge in [-0.25, -0.2) is 0 Å². The zero-order chi connectivity index (χ0) is 13.1. The molecule has 1 aromatic carbocycles. The predicted molar refractivity (Wildman–Crippen MR) is 75.8 cm³/mol. The van der Waals surface area contributed by atoms with Gasteiger partial charge in [0, 0.05) is 37.8 Å². The molecule has 0 radical (unpaired) electrons. The summed E-state index contributed by atoms with van der Waals surface area (Å²) >= 11 is 6.23. The number of carbonyl (C=O) groups excluding carboxylic acids is 1. The summed E-state index contributed by atoms with van der Waals surface area (Å²) in [5.74, 6) is 0. The topological polar surface area (TPSA) is 23.6 Å². The molecule has 0 bridgehead atoms. The van der Waals surface area contributed by atoms with E-state index in [1.54, 1.807) is 6.07 Å². The molecule has 1 fully saturated rings. The number of nitrogens with zero attached hydrogens (tertiary/aromatic N) is 2. The summed E-state index contributed by atoms with van der Waals surface area (Å²) in [5.41, 5.74) is 1.66. The number of aldehydes is 1. The molecule has 0 atom stereocenters. The number of carbonyl (C=O) groups is 1. The second kappa shape index (κ2) is 5.72. The minimum Gasteiger partial charge on any atom is -0.368 e. The number of benzene rings is 1. The van der Waals surface area contributed by atoms with Gasteiger partial charge in [-0.1, -0.05) is 11.6 Å². The lowest BCUT2D eigenvalue weighted by Crippen LogP contribution is -2.49. The van der Waals surface area contributed by atoms with E-state index < -0.39 is 0 Å². The molecule has 0 N–H and O–H groups in total. The summed E-state index contributed by atoms with van der Waals surface area (Å²) < 4.78 is 0. The van der Waals surface area contributed by atoms with Crippen molar-refractivity contribution >= 4 is 23.6 Å². The van der Waals surface area contributed by atoms with Gasteiger partial charge in [-0.15, -0.1) is 0 Å². The number of halogens is 1. The highest BCUT2D eigenvalue weighted by Gasteiger charge is 2.20. The molecule has 3 nitrogen and oxygen atoms in total. The van der Waals surface area contributed by atoms with E-state index in [2.05, 4.69) is 23.6 Å². The quantitative estimate of drug-likeness (QED) is 0.786. The Morgan fingerprint density at radius 2 is 1.89 bits per heavy atom. The normalized spacial score (nSPS) is 17.2. The lowest BCUT2D eigenvalue weighted by Gasteiger charge is -2.38. The number of piperazine rings is 1. The SMILES string of the molecule is CC(C)N1CCN(c2ccc(C=O)cc2Cl)CC1. The van der Waals surface area contributed by atoms with Gasteiger partial charge in [0.05, 0.1) is 10.7 Å². The lowest BCUT2D eigenvalue weighted by atomic mass is 10.2. The molecule has 0 aromatic heterocycles. The molecule has 0 unspecified atom stereocenters. The maximum absolute atomic E-state index is 10.7. The highest BCUT2D eigenvalue weighted by atomic mass is 35.5. The molecule has 1 aliphatic heterocycles. The third-order valence-corrected chi connectivity index (χ3v) is 3.80. The van der Waals surface area contributed by atoms with Gasteiger partial charge in [0.1, 0.15) is 6.29 Å². The summed E-state index contributed by atoms with van der Waals surface area (Å²) in [7, 11) is 0. The van der Waals surface area contributed by atoms with Crippen LogP contribution >= 0.6 is 11.6 Å². The fourth-order valence-electron chi connectivity index (χ4n) is 2.33. The van der Waals surface area contributed by atoms with E-state index in [1.165, 1.54) is 0 Å². The van der Waals surface area contributed by atoms with Crippen LogP contribution in [0, 0.1) is 0 Å². The number of hydrogen-bond acceptors (Lipinski definition) is 3. The fraction of sp³-hybridized carbons (Fsp3) is 0.500. The van der Waals surface area contributed by atoms with E-state index in [4.69, 9.17) is 11.6 Å². The zero-order valence-corrected chi connectivity index (χ0v) is 11.7. The molecular formula is C14H19ClN2O. The molecule has 0 aliphatic carbocycles. The van der Waals surface area contributed by atoms with Crippen molar-refractivity contribution in [3.63, 3.8) is 0 Å². The smallest absolute Gasteiger partial charge is 0.150 e. The number of rotatable bonds is 3. The molecule has 98 valence electrons. The van der Waals surface area contributed by atoms with Gasteiger partial charge >= 0.3 is 0 Å². The van der Waals surface area contributed by atoms with Crippen molar-refractivity contribution in [1.82, 2.24) is 4.90 Å². The van der Waals surface area contributed by atoms with Gasteiger partial charge in [0.25, 0.3) is 0 Å². The van der Waals surface area contributed by atoms with E-state index in [1.807, 2.05) is 12.1 Å². The summed E-state index contributed by atoms with van der Waals surface area (Å²) in [6.07, 6.45) is 0.826. The van der Waals surface area contributed by atoms with Crippen molar-refractivity contribution in [1.29, 1.82) is 0 Å². The number of hydrogen-bond donors (Lipinski definition) is 0. The third-order valence-electron chi connectivity index (χ3n) is 3.49. The van der Waals surface area contributed by atoms with Gasteiger partial charge in [-0.3, -0.25) is 9.69 Å². The van der Waals surface area contributed by atoms with Gasteiger partial charge in [-0.2, -0.15) is 0 Å². The van der Waals surface area contributed by atoms with Crippen LogP contribution in [0.25, 0.3) is 0 Å². The first-order valence-electron chi connectivity index (χ1n) is 6.35. The molecule has 18 heavy (non-hydrogen) atoms. The Morgan fingerprint density at radius 1 is 1.22 bits per heavy atom. The maximum atomic E-state index is 10.7. The molecule has 1 aromatic rings. The van der Waals surface area contributed by atoms with Crippen molar-refractivity contribution in [2.75, 3.05) is 31.1 Å². The van der Waals surface area contributed by atoms with Crippen LogP contribution in [-0.4, -0.2) is 43.4 Å². The molecule has 1 heterocycles. The van der Waals surface area contributed by atoms with Gasteiger partial charge in [0.15, 0.2) is 0 Å². The van der Waals surface area contributed by atoms with Crippen LogP contribution in [0.1, 0.15) is 24.2 Å². The van der Waals surface area contributed by atoms with Crippen LogP contribution in [0.15, 0.2) is 18.2 Å². The van der Waals surface area contributed by atoms with Crippen LogP contribution in [0.4, 0.5) is 5.69 Å². The molecule has 0 amide bonds. The Morgan fingerprint density at radius 3 is 2.39 bits per heavy atom. The van der Waals surface area contributed by atoms with Crippen LogP contribution < -0.4 is 4.90 Å². The molecule has 1 saturated heterocycles. The molecule has 0 saturated carbocycles. The van der Waals surface area contributed by atoms with E-state index in [-0.39, 0.29) is 0 Å². The Kier molecular flexibility index (Phi) is 4.25. The summed E-state index contributed by atoms with van der Waals surface area (Å²) in [4.78, 5) is 15.4. The van der Waals surface area contributed by atoms with Crippen molar-refractivity contribution in [3.8, 4) is 0 Å². The van der Waals surface area contributed by atoms with Crippen molar-refractivity contribution in [2.24, 2.45) is 0 Å². The van der Waals surface area contributed by atoms with Crippen LogP contribution in [0.2, 0.25) is 5.02 Å². The molecule has 2 rings (SSSR count). The molecule has 1 aliphatic rings. The number of anilines is 1. The third kappa shape index (κ3) is 2.85. The second-order valence-corrected chi connectivity index (χ2v) is 5.35. The Labute approximate surface area is 113 Å². The summed E-state index contributed by atoms with van der Waals surface area (Å²) in [6, 6.07) is 6.10. The van der Waals surface area contributed by atoms with Crippen LogP contribution in [-0.2, 0) is 0 Å². The Bertz CT molecular complexity index is 426. The van der Waals surface area contributed by atoms with E-state index in [0.29, 0.717) is 16.6 Å². The van der Waals surface area contributed by atoms with Crippen LogP contribution in [0.5, 0.6) is 0 Å². The standard InChI is InChI=1S/C14H19ClN2O/c1-11(2)16-5-7-17(8-6-16)14-4-3-12(10-18)9-13(14)15/h3-4,9-11H,5-8H2,1-2H3. The Hall–Kier alpha value is -1.06. The highest BCUT2D eigenvalue weighted by Crippen LogP contribution is 2.27. The first kappa shape index (κ1) is 13.4. The lowest BCUT2D eigenvalue weighted by molar-refractivity contribution is 0.112. The highest BCUT2D eigenvalue weighted by molar-refractivity contribution is 6.33. The largest absolute Gasteiger partial charge is 0.368 e. The average molecular weight is 267 g/mol. The van der Waals surface area contributed by atoms with E-state index in [9.17, 15) is 4.79 Å². The molecular weight excluding hydrogens is 248 g/mol. The van der Waals surface area contributed by atoms with Crippen molar-refractivity contribution in [2.45, 2.75) is 19.9 Å². The average Bonchev–Trinajstić information content (AvgIpc) is 2.38.